The summed E-state index contributed by atoms with van der Waals surface area (Å²) in [6.45, 7) is 4.24. The lowest BCUT2D eigenvalue weighted by atomic mass is 10.2. The Labute approximate surface area is 99.5 Å². The van der Waals surface area contributed by atoms with Gasteiger partial charge in [0.15, 0.2) is 0 Å². The summed E-state index contributed by atoms with van der Waals surface area (Å²) >= 11 is 0. The zero-order valence-corrected chi connectivity index (χ0v) is 9.73. The van der Waals surface area contributed by atoms with Gasteiger partial charge in [-0.15, -0.1) is 0 Å². The molecule has 0 fully saturated rings. The van der Waals surface area contributed by atoms with Crippen LogP contribution in [0.15, 0.2) is 30.6 Å². The van der Waals surface area contributed by atoms with Gasteiger partial charge in [-0.3, -0.25) is 0 Å². The van der Waals surface area contributed by atoms with Gasteiger partial charge in [0.05, 0.1) is 13.1 Å². The smallest absolute Gasteiger partial charge is 0.141 e. The van der Waals surface area contributed by atoms with Crippen molar-refractivity contribution < 1.29 is 4.39 Å². The second-order valence-corrected chi connectivity index (χ2v) is 3.74. The monoisotopic (exact) mass is 234 g/mol. The minimum absolute atomic E-state index is 0.222. The minimum atomic E-state index is -0.222. The van der Waals surface area contributed by atoms with Crippen LogP contribution in [-0.4, -0.2) is 21.3 Å². The van der Waals surface area contributed by atoms with Crippen LogP contribution < -0.4 is 5.32 Å². The summed E-state index contributed by atoms with van der Waals surface area (Å²) < 4.78 is 14.6. The lowest BCUT2D eigenvalue weighted by molar-refractivity contribution is 0.593. The van der Waals surface area contributed by atoms with Crippen molar-refractivity contribution in [3.63, 3.8) is 0 Å². The van der Waals surface area contributed by atoms with Crippen molar-refractivity contribution >= 4 is 0 Å². The summed E-state index contributed by atoms with van der Waals surface area (Å²) in [5, 5.41) is 7.36. The largest absolute Gasteiger partial charge is 0.310 e. The number of nitrogens with one attached hydrogen (secondary N) is 1. The van der Waals surface area contributed by atoms with Gasteiger partial charge in [0.1, 0.15) is 18.0 Å². The van der Waals surface area contributed by atoms with Crippen molar-refractivity contribution in [2.45, 2.75) is 20.0 Å². The molecule has 17 heavy (non-hydrogen) atoms. The van der Waals surface area contributed by atoms with E-state index in [1.165, 1.54) is 18.5 Å². The SMILES string of the molecule is CCNCc1ncnn1Cc1ccc(F)cc1. The predicted octanol–water partition coefficient (Wildman–Crippen LogP) is 1.57. The highest BCUT2D eigenvalue weighted by Crippen LogP contribution is 2.05. The normalized spacial score (nSPS) is 10.7. The number of halogens is 1. The van der Waals surface area contributed by atoms with Crippen molar-refractivity contribution in [2.24, 2.45) is 0 Å². The van der Waals surface area contributed by atoms with Crippen LogP contribution in [0.5, 0.6) is 0 Å². The molecular weight excluding hydrogens is 219 g/mol. The molecular formula is C12H15FN4. The van der Waals surface area contributed by atoms with Crippen molar-refractivity contribution in [2.75, 3.05) is 6.54 Å². The Balaban J connectivity index is 2.07. The first-order chi connectivity index (χ1) is 8.29. The van der Waals surface area contributed by atoms with Crippen LogP contribution in [0.4, 0.5) is 4.39 Å². The Kier molecular flexibility index (Phi) is 3.82. The standard InChI is InChI=1S/C12H15FN4/c1-2-14-7-12-15-9-16-17(12)8-10-3-5-11(13)6-4-10/h3-6,9,14H,2,7-8H2,1H3. The van der Waals surface area contributed by atoms with Crippen molar-refractivity contribution in [3.05, 3.63) is 47.8 Å². The maximum atomic E-state index is 12.8. The first-order valence-electron chi connectivity index (χ1n) is 5.61. The van der Waals surface area contributed by atoms with Crippen molar-refractivity contribution in [3.8, 4) is 0 Å². The molecule has 0 aliphatic rings. The summed E-state index contributed by atoms with van der Waals surface area (Å²) in [7, 11) is 0. The molecule has 0 unspecified atom stereocenters. The summed E-state index contributed by atoms with van der Waals surface area (Å²) in [6, 6.07) is 6.43. The summed E-state index contributed by atoms with van der Waals surface area (Å²) in [5.74, 6) is 0.663. The van der Waals surface area contributed by atoms with Crippen LogP contribution >= 0.6 is 0 Å². The van der Waals surface area contributed by atoms with E-state index in [1.807, 2.05) is 11.6 Å². The lowest BCUT2D eigenvalue weighted by Gasteiger charge is -2.06. The van der Waals surface area contributed by atoms with Gasteiger partial charge in [0.25, 0.3) is 0 Å². The van der Waals surface area contributed by atoms with Crippen LogP contribution in [0.3, 0.4) is 0 Å². The van der Waals surface area contributed by atoms with E-state index >= 15 is 0 Å². The van der Waals surface area contributed by atoms with Crippen LogP contribution in [0, 0.1) is 5.82 Å². The fraction of sp³-hybridized carbons (Fsp3) is 0.333. The van der Waals surface area contributed by atoms with E-state index in [0.29, 0.717) is 13.1 Å². The van der Waals surface area contributed by atoms with E-state index in [-0.39, 0.29) is 5.82 Å². The fourth-order valence-corrected chi connectivity index (χ4v) is 1.56. The first-order valence-corrected chi connectivity index (χ1v) is 5.61. The molecule has 1 N–H and O–H groups in total. The maximum absolute atomic E-state index is 12.8. The summed E-state index contributed by atoms with van der Waals surface area (Å²) in [4.78, 5) is 4.18. The maximum Gasteiger partial charge on any atom is 0.141 e. The molecule has 1 aromatic carbocycles. The van der Waals surface area contributed by atoms with Crippen LogP contribution in [-0.2, 0) is 13.1 Å². The fourth-order valence-electron chi connectivity index (χ4n) is 1.56. The molecule has 0 atom stereocenters. The molecule has 0 aliphatic heterocycles. The van der Waals surface area contributed by atoms with Gasteiger partial charge in [-0.2, -0.15) is 5.10 Å². The predicted molar refractivity (Wildman–Crippen MR) is 62.9 cm³/mol. The molecule has 1 aromatic heterocycles. The molecule has 0 saturated heterocycles. The number of aromatic nitrogens is 3. The van der Waals surface area contributed by atoms with Crippen molar-refractivity contribution in [1.82, 2.24) is 20.1 Å². The zero-order chi connectivity index (χ0) is 12.1. The average Bonchev–Trinajstić information content (AvgIpc) is 2.77. The molecule has 0 bridgehead atoms. The third kappa shape index (κ3) is 3.10. The van der Waals surface area contributed by atoms with Crippen LogP contribution in [0.1, 0.15) is 18.3 Å². The second kappa shape index (κ2) is 5.54. The Morgan fingerprint density at radius 1 is 1.29 bits per heavy atom. The summed E-state index contributed by atoms with van der Waals surface area (Å²) in [5.41, 5.74) is 1.01. The average molecular weight is 234 g/mol. The molecule has 1 heterocycles. The quantitative estimate of drug-likeness (QED) is 0.854. The van der Waals surface area contributed by atoms with Crippen LogP contribution in [0.2, 0.25) is 0 Å². The van der Waals surface area contributed by atoms with Gasteiger partial charge >= 0.3 is 0 Å². The number of benzene rings is 1. The van der Waals surface area contributed by atoms with Gasteiger partial charge in [-0.25, -0.2) is 14.1 Å². The number of rotatable bonds is 5. The Bertz CT molecular complexity index is 464. The minimum Gasteiger partial charge on any atom is -0.310 e. The highest BCUT2D eigenvalue weighted by molar-refractivity contribution is 5.16. The third-order valence-corrected chi connectivity index (χ3v) is 2.47. The molecule has 5 heteroatoms. The van der Waals surface area contributed by atoms with E-state index in [2.05, 4.69) is 15.4 Å². The van der Waals surface area contributed by atoms with E-state index < -0.39 is 0 Å². The highest BCUT2D eigenvalue weighted by Gasteiger charge is 2.04. The molecule has 0 amide bonds. The molecule has 0 spiro atoms. The zero-order valence-electron chi connectivity index (χ0n) is 9.73. The number of nitrogens with zero attached hydrogens (tertiary/aromatic N) is 3. The number of hydrogen-bond donors (Lipinski definition) is 1. The lowest BCUT2D eigenvalue weighted by Crippen LogP contribution is -2.17. The second-order valence-electron chi connectivity index (χ2n) is 3.74. The Morgan fingerprint density at radius 2 is 2.06 bits per heavy atom. The molecule has 90 valence electrons. The Hall–Kier alpha value is -1.75. The van der Waals surface area contributed by atoms with E-state index in [9.17, 15) is 4.39 Å². The van der Waals surface area contributed by atoms with Gasteiger partial charge in [0, 0.05) is 0 Å². The topological polar surface area (TPSA) is 42.7 Å². The van der Waals surface area contributed by atoms with E-state index in [4.69, 9.17) is 0 Å². The first kappa shape index (κ1) is 11.7. The van der Waals surface area contributed by atoms with Gasteiger partial charge in [0.2, 0.25) is 0 Å². The molecule has 4 nitrogen and oxygen atoms in total. The van der Waals surface area contributed by atoms with E-state index in [1.54, 1.807) is 12.1 Å². The Morgan fingerprint density at radius 3 is 2.76 bits per heavy atom. The molecule has 0 aliphatic carbocycles. The van der Waals surface area contributed by atoms with E-state index in [0.717, 1.165) is 17.9 Å². The van der Waals surface area contributed by atoms with Gasteiger partial charge < -0.3 is 5.32 Å². The summed E-state index contributed by atoms with van der Waals surface area (Å²) in [6.07, 6.45) is 1.54. The van der Waals surface area contributed by atoms with Crippen molar-refractivity contribution in [1.29, 1.82) is 0 Å². The molecule has 0 saturated carbocycles. The van der Waals surface area contributed by atoms with Gasteiger partial charge in [-0.05, 0) is 24.2 Å². The molecule has 2 rings (SSSR count). The highest BCUT2D eigenvalue weighted by atomic mass is 19.1. The van der Waals surface area contributed by atoms with Crippen LogP contribution in [0.25, 0.3) is 0 Å². The number of hydrogen-bond acceptors (Lipinski definition) is 3. The van der Waals surface area contributed by atoms with Gasteiger partial charge in [-0.1, -0.05) is 19.1 Å². The molecule has 2 aromatic rings. The third-order valence-electron chi connectivity index (χ3n) is 2.47. The molecule has 0 radical (unpaired) electrons.